The van der Waals surface area contributed by atoms with Crippen molar-refractivity contribution in [2.75, 3.05) is 33.4 Å². The third kappa shape index (κ3) is 5.00. The van der Waals surface area contributed by atoms with Crippen molar-refractivity contribution in [1.29, 1.82) is 0 Å². The number of nitrogens with one attached hydrogen (secondary N) is 2. The molecule has 2 rings (SSSR count). The zero-order valence-electron chi connectivity index (χ0n) is 13.5. The molecule has 0 spiro atoms. The third-order valence-corrected chi connectivity index (χ3v) is 3.96. The summed E-state index contributed by atoms with van der Waals surface area (Å²) >= 11 is 0. The number of benzene rings is 1. The molecular formula is C17H26N2O3. The molecule has 1 heterocycles. The molecule has 0 bridgehead atoms. The molecule has 1 aromatic rings. The van der Waals surface area contributed by atoms with Crippen molar-refractivity contribution in [1.82, 2.24) is 10.6 Å². The van der Waals surface area contributed by atoms with Gasteiger partial charge in [0.25, 0.3) is 0 Å². The highest BCUT2D eigenvalue weighted by atomic mass is 16.5. The van der Waals surface area contributed by atoms with E-state index >= 15 is 0 Å². The first-order valence-electron chi connectivity index (χ1n) is 7.84. The Morgan fingerprint density at radius 3 is 3.00 bits per heavy atom. The average molecular weight is 306 g/mol. The quantitative estimate of drug-likeness (QED) is 0.767. The van der Waals surface area contributed by atoms with Gasteiger partial charge in [0.05, 0.1) is 25.2 Å². The van der Waals surface area contributed by atoms with E-state index in [9.17, 15) is 4.79 Å². The Kier molecular flexibility index (Phi) is 6.21. The largest absolute Gasteiger partial charge is 0.493 e. The van der Waals surface area contributed by atoms with Gasteiger partial charge >= 0.3 is 0 Å². The van der Waals surface area contributed by atoms with E-state index in [1.54, 1.807) is 7.11 Å². The Labute approximate surface area is 132 Å². The van der Waals surface area contributed by atoms with Crippen molar-refractivity contribution in [3.05, 3.63) is 29.8 Å². The van der Waals surface area contributed by atoms with Crippen molar-refractivity contribution >= 4 is 5.91 Å². The highest BCUT2D eigenvalue weighted by Gasteiger charge is 2.33. The summed E-state index contributed by atoms with van der Waals surface area (Å²) in [6, 6.07) is 7.84. The number of hydrogen-bond donors (Lipinski definition) is 2. The molecular weight excluding hydrogens is 280 g/mol. The lowest BCUT2D eigenvalue weighted by molar-refractivity contribution is -0.122. The first-order chi connectivity index (χ1) is 10.6. The van der Waals surface area contributed by atoms with E-state index in [4.69, 9.17) is 9.47 Å². The van der Waals surface area contributed by atoms with Gasteiger partial charge in [0.15, 0.2) is 0 Å². The van der Waals surface area contributed by atoms with Gasteiger partial charge in [0, 0.05) is 13.7 Å². The van der Waals surface area contributed by atoms with Crippen LogP contribution in [0.15, 0.2) is 24.3 Å². The van der Waals surface area contributed by atoms with Gasteiger partial charge in [0.2, 0.25) is 5.91 Å². The van der Waals surface area contributed by atoms with Crippen LogP contribution in [0.25, 0.3) is 0 Å². The number of aryl methyl sites for hydroxylation is 1. The zero-order valence-corrected chi connectivity index (χ0v) is 13.5. The Morgan fingerprint density at radius 2 is 2.32 bits per heavy atom. The van der Waals surface area contributed by atoms with E-state index in [0.29, 0.717) is 26.2 Å². The van der Waals surface area contributed by atoms with Crippen LogP contribution >= 0.6 is 0 Å². The summed E-state index contributed by atoms with van der Waals surface area (Å²) in [5.74, 6) is 0.818. The Balaban J connectivity index is 1.69. The molecule has 1 amide bonds. The van der Waals surface area contributed by atoms with Gasteiger partial charge in [-0.3, -0.25) is 4.79 Å². The maximum absolute atomic E-state index is 11.9. The van der Waals surface area contributed by atoms with Gasteiger partial charge in [0.1, 0.15) is 5.75 Å². The molecule has 5 nitrogen and oxygen atoms in total. The lowest BCUT2D eigenvalue weighted by Crippen LogP contribution is -2.53. The van der Waals surface area contributed by atoms with Gasteiger partial charge < -0.3 is 20.1 Å². The van der Waals surface area contributed by atoms with Crippen LogP contribution in [0.5, 0.6) is 5.75 Å². The van der Waals surface area contributed by atoms with Crippen LogP contribution in [0.4, 0.5) is 0 Å². The summed E-state index contributed by atoms with van der Waals surface area (Å²) < 4.78 is 10.9. The van der Waals surface area contributed by atoms with E-state index < -0.39 is 0 Å². The molecule has 0 radical (unpaired) electrons. The number of amides is 1. The Morgan fingerprint density at radius 1 is 1.45 bits per heavy atom. The average Bonchev–Trinajstić information content (AvgIpc) is 2.95. The summed E-state index contributed by atoms with van der Waals surface area (Å²) in [6.07, 6.45) is 2.51. The second-order valence-corrected chi connectivity index (χ2v) is 5.94. The summed E-state index contributed by atoms with van der Waals surface area (Å²) in [5, 5.41) is 6.43. The van der Waals surface area contributed by atoms with E-state index in [0.717, 1.165) is 30.7 Å². The number of hydrogen-bond acceptors (Lipinski definition) is 4. The summed E-state index contributed by atoms with van der Waals surface area (Å²) in [6.45, 7) is 4.61. The lowest BCUT2D eigenvalue weighted by Gasteiger charge is -2.28. The van der Waals surface area contributed by atoms with Crippen molar-refractivity contribution in [2.45, 2.75) is 31.7 Å². The molecule has 5 heteroatoms. The second kappa shape index (κ2) is 8.15. The van der Waals surface area contributed by atoms with Crippen LogP contribution in [0.2, 0.25) is 0 Å². The molecule has 2 N–H and O–H groups in total. The number of carbonyl (C=O) groups excluding carboxylic acids is 1. The fourth-order valence-corrected chi connectivity index (χ4v) is 2.79. The highest BCUT2D eigenvalue weighted by Crippen LogP contribution is 2.18. The van der Waals surface area contributed by atoms with Crippen LogP contribution in [-0.2, 0) is 9.53 Å². The standard InChI is InChI=1S/C17H26N2O3/c1-14-5-3-6-15(11-14)22-10-7-16(20)18-12-17(13-21-2)8-4-9-19-17/h3,5-6,11,19H,4,7-10,12-13H2,1-2H3,(H,18,20). The molecule has 0 saturated carbocycles. The Bertz CT molecular complexity index is 485. The van der Waals surface area contributed by atoms with Crippen molar-refractivity contribution in [3.63, 3.8) is 0 Å². The maximum atomic E-state index is 11.9. The molecule has 22 heavy (non-hydrogen) atoms. The summed E-state index contributed by atoms with van der Waals surface area (Å²) in [7, 11) is 1.69. The number of rotatable bonds is 8. The van der Waals surface area contributed by atoms with Gasteiger partial charge in [-0.05, 0) is 44.0 Å². The maximum Gasteiger partial charge on any atom is 0.223 e. The SMILES string of the molecule is COCC1(CNC(=O)CCOc2cccc(C)c2)CCCN1. The topological polar surface area (TPSA) is 59.6 Å². The van der Waals surface area contributed by atoms with Gasteiger partial charge in [-0.1, -0.05) is 12.1 Å². The van der Waals surface area contributed by atoms with Crippen molar-refractivity contribution in [2.24, 2.45) is 0 Å². The summed E-state index contributed by atoms with van der Waals surface area (Å²) in [5.41, 5.74) is 1.04. The van der Waals surface area contributed by atoms with Crippen LogP contribution in [0, 0.1) is 6.92 Å². The van der Waals surface area contributed by atoms with Crippen molar-refractivity contribution < 1.29 is 14.3 Å². The van der Waals surface area contributed by atoms with E-state index in [1.165, 1.54) is 0 Å². The highest BCUT2D eigenvalue weighted by molar-refractivity contribution is 5.76. The lowest BCUT2D eigenvalue weighted by atomic mass is 9.98. The Hall–Kier alpha value is -1.59. The number of methoxy groups -OCH3 is 1. The van der Waals surface area contributed by atoms with E-state index in [-0.39, 0.29) is 11.4 Å². The minimum atomic E-state index is -0.109. The second-order valence-electron chi connectivity index (χ2n) is 5.94. The predicted octanol–water partition coefficient (Wildman–Crippen LogP) is 1.65. The number of carbonyl (C=O) groups is 1. The molecule has 122 valence electrons. The van der Waals surface area contributed by atoms with Crippen LogP contribution in [0.1, 0.15) is 24.8 Å². The van der Waals surface area contributed by atoms with Gasteiger partial charge in [-0.25, -0.2) is 0 Å². The van der Waals surface area contributed by atoms with Crippen LogP contribution in [-0.4, -0.2) is 44.9 Å². The van der Waals surface area contributed by atoms with E-state index in [1.807, 2.05) is 31.2 Å². The van der Waals surface area contributed by atoms with Gasteiger partial charge in [-0.15, -0.1) is 0 Å². The van der Waals surface area contributed by atoms with Gasteiger partial charge in [-0.2, -0.15) is 0 Å². The third-order valence-electron chi connectivity index (χ3n) is 3.96. The number of ether oxygens (including phenoxy) is 2. The fraction of sp³-hybridized carbons (Fsp3) is 0.588. The molecule has 1 fully saturated rings. The molecule has 1 aromatic carbocycles. The first kappa shape index (κ1) is 16.8. The predicted molar refractivity (Wildman–Crippen MR) is 86.1 cm³/mol. The van der Waals surface area contributed by atoms with E-state index in [2.05, 4.69) is 10.6 Å². The fourth-order valence-electron chi connectivity index (χ4n) is 2.79. The minimum absolute atomic E-state index is 0.0110. The first-order valence-corrected chi connectivity index (χ1v) is 7.84. The molecule has 0 aliphatic carbocycles. The normalized spacial score (nSPS) is 20.8. The van der Waals surface area contributed by atoms with Crippen molar-refractivity contribution in [3.8, 4) is 5.75 Å². The zero-order chi connectivity index (χ0) is 15.8. The summed E-state index contributed by atoms with van der Waals surface area (Å²) in [4.78, 5) is 11.9. The molecule has 1 unspecified atom stereocenters. The molecule has 1 aliphatic rings. The van der Waals surface area contributed by atoms with Crippen LogP contribution < -0.4 is 15.4 Å². The van der Waals surface area contributed by atoms with Crippen LogP contribution in [0.3, 0.4) is 0 Å². The molecule has 0 aromatic heterocycles. The monoisotopic (exact) mass is 306 g/mol. The smallest absolute Gasteiger partial charge is 0.223 e. The molecule has 1 atom stereocenters. The molecule has 1 aliphatic heterocycles. The minimum Gasteiger partial charge on any atom is -0.493 e. The molecule has 1 saturated heterocycles.